The summed E-state index contributed by atoms with van der Waals surface area (Å²) in [5.41, 5.74) is 4.22. The van der Waals surface area contributed by atoms with E-state index < -0.39 is 0 Å². The lowest BCUT2D eigenvalue weighted by molar-refractivity contribution is 0.102. The summed E-state index contributed by atoms with van der Waals surface area (Å²) in [4.78, 5) is 12.8. The number of hydrogen-bond donors (Lipinski definition) is 1. The molecule has 23 heavy (non-hydrogen) atoms. The van der Waals surface area contributed by atoms with Crippen LogP contribution in [-0.4, -0.2) is 19.1 Å². The molecule has 2 heterocycles. The van der Waals surface area contributed by atoms with Crippen molar-refractivity contribution in [2.24, 2.45) is 0 Å². The van der Waals surface area contributed by atoms with Crippen molar-refractivity contribution in [2.45, 2.75) is 19.8 Å². The molecule has 1 N–H and O–H groups in total. The normalized spacial score (nSPS) is 14.7. The Kier molecular flexibility index (Phi) is 3.42. The van der Waals surface area contributed by atoms with Gasteiger partial charge in [0.1, 0.15) is 11.5 Å². The standard InChI is InChI=1S/C18H16ClNO3/c1-10-2-3-12(9-14(10)19)20-18(21)16-13-5-7-22-15(13)8-11-4-6-23-17(11)16/h2-3,8-9H,4-7H2,1H3,(H,20,21). The summed E-state index contributed by atoms with van der Waals surface area (Å²) >= 11 is 6.13. The Morgan fingerprint density at radius 3 is 2.83 bits per heavy atom. The molecule has 0 saturated heterocycles. The van der Waals surface area contributed by atoms with Crippen LogP contribution in [0.2, 0.25) is 5.02 Å². The molecule has 0 atom stereocenters. The molecule has 2 aromatic rings. The van der Waals surface area contributed by atoms with Gasteiger partial charge in [-0.05, 0) is 30.7 Å². The number of carbonyl (C=O) groups excluding carboxylic acids is 1. The van der Waals surface area contributed by atoms with Crippen LogP contribution in [0.1, 0.15) is 27.0 Å². The van der Waals surface area contributed by atoms with E-state index in [1.54, 1.807) is 6.07 Å². The van der Waals surface area contributed by atoms with Crippen molar-refractivity contribution >= 4 is 23.2 Å². The van der Waals surface area contributed by atoms with Gasteiger partial charge in [0.25, 0.3) is 5.91 Å². The van der Waals surface area contributed by atoms with Crippen LogP contribution in [-0.2, 0) is 12.8 Å². The van der Waals surface area contributed by atoms with Gasteiger partial charge >= 0.3 is 0 Å². The lowest BCUT2D eigenvalue weighted by Gasteiger charge is -2.13. The molecule has 0 saturated carbocycles. The highest BCUT2D eigenvalue weighted by Crippen LogP contribution is 2.40. The molecule has 5 heteroatoms. The molecular formula is C18H16ClNO3. The van der Waals surface area contributed by atoms with E-state index in [-0.39, 0.29) is 5.91 Å². The van der Waals surface area contributed by atoms with E-state index in [1.807, 2.05) is 25.1 Å². The molecule has 2 aromatic carbocycles. The van der Waals surface area contributed by atoms with Crippen molar-refractivity contribution in [3.8, 4) is 11.5 Å². The van der Waals surface area contributed by atoms with E-state index in [0.717, 1.165) is 35.3 Å². The number of halogens is 1. The number of hydrogen-bond acceptors (Lipinski definition) is 3. The van der Waals surface area contributed by atoms with Gasteiger partial charge in [-0.25, -0.2) is 0 Å². The van der Waals surface area contributed by atoms with Crippen LogP contribution in [0.3, 0.4) is 0 Å². The van der Waals surface area contributed by atoms with Crippen LogP contribution in [0.25, 0.3) is 0 Å². The monoisotopic (exact) mass is 329 g/mol. The van der Waals surface area contributed by atoms with Gasteiger partial charge in [0, 0.05) is 34.7 Å². The summed E-state index contributed by atoms with van der Waals surface area (Å²) in [7, 11) is 0. The lowest BCUT2D eigenvalue weighted by atomic mass is 9.99. The summed E-state index contributed by atoms with van der Waals surface area (Å²) in [5.74, 6) is 1.33. The van der Waals surface area contributed by atoms with Gasteiger partial charge < -0.3 is 14.8 Å². The van der Waals surface area contributed by atoms with Crippen LogP contribution in [0.5, 0.6) is 11.5 Å². The number of carbonyl (C=O) groups is 1. The quantitative estimate of drug-likeness (QED) is 0.912. The predicted octanol–water partition coefficient (Wildman–Crippen LogP) is 3.77. The molecule has 0 aromatic heterocycles. The molecule has 0 unspecified atom stereocenters. The van der Waals surface area contributed by atoms with Crippen LogP contribution >= 0.6 is 11.6 Å². The van der Waals surface area contributed by atoms with Crippen molar-refractivity contribution in [1.82, 2.24) is 0 Å². The van der Waals surface area contributed by atoms with Crippen LogP contribution in [0.4, 0.5) is 5.69 Å². The van der Waals surface area contributed by atoms with Crippen molar-refractivity contribution in [2.75, 3.05) is 18.5 Å². The second-order valence-electron chi connectivity index (χ2n) is 5.83. The molecule has 0 radical (unpaired) electrons. The zero-order chi connectivity index (χ0) is 16.0. The molecule has 4 nitrogen and oxygen atoms in total. The molecule has 118 valence electrons. The van der Waals surface area contributed by atoms with Gasteiger partial charge in [0.15, 0.2) is 0 Å². The van der Waals surface area contributed by atoms with Crippen LogP contribution < -0.4 is 14.8 Å². The Hall–Kier alpha value is -2.20. The smallest absolute Gasteiger partial charge is 0.259 e. The fraction of sp³-hybridized carbons (Fsp3) is 0.278. The number of aryl methyl sites for hydroxylation is 1. The third-order valence-corrected chi connectivity index (χ3v) is 4.71. The van der Waals surface area contributed by atoms with Crippen molar-refractivity contribution in [3.63, 3.8) is 0 Å². The molecule has 0 bridgehead atoms. The van der Waals surface area contributed by atoms with Gasteiger partial charge in [-0.15, -0.1) is 0 Å². The largest absolute Gasteiger partial charge is 0.493 e. The Morgan fingerprint density at radius 1 is 1.17 bits per heavy atom. The van der Waals surface area contributed by atoms with Gasteiger partial charge in [0.2, 0.25) is 0 Å². The number of amides is 1. The molecule has 2 aliphatic heterocycles. The van der Waals surface area contributed by atoms with E-state index >= 15 is 0 Å². The predicted molar refractivity (Wildman–Crippen MR) is 89.0 cm³/mol. The van der Waals surface area contributed by atoms with Crippen molar-refractivity contribution < 1.29 is 14.3 Å². The third kappa shape index (κ3) is 2.43. The summed E-state index contributed by atoms with van der Waals surface area (Å²) in [5, 5.41) is 3.56. The second kappa shape index (κ2) is 5.46. The zero-order valence-electron chi connectivity index (χ0n) is 12.7. The minimum atomic E-state index is -0.176. The number of ether oxygens (including phenoxy) is 2. The highest BCUT2D eigenvalue weighted by Gasteiger charge is 2.30. The Bertz CT molecular complexity index is 784. The minimum Gasteiger partial charge on any atom is -0.493 e. The summed E-state index contributed by atoms with van der Waals surface area (Å²) in [6, 6.07) is 7.50. The molecule has 0 aliphatic carbocycles. The molecule has 0 fully saturated rings. The first-order chi connectivity index (χ1) is 11.1. The number of nitrogens with one attached hydrogen (secondary N) is 1. The van der Waals surface area contributed by atoms with Gasteiger partial charge in [-0.3, -0.25) is 4.79 Å². The lowest BCUT2D eigenvalue weighted by Crippen LogP contribution is -2.15. The number of benzene rings is 2. The molecule has 1 amide bonds. The first-order valence-corrected chi connectivity index (χ1v) is 8.03. The van der Waals surface area contributed by atoms with E-state index in [9.17, 15) is 4.79 Å². The first kappa shape index (κ1) is 14.4. The fourth-order valence-corrected chi connectivity index (χ4v) is 3.27. The summed E-state index contributed by atoms with van der Waals surface area (Å²) in [6.45, 7) is 3.14. The highest BCUT2D eigenvalue weighted by molar-refractivity contribution is 6.31. The summed E-state index contributed by atoms with van der Waals surface area (Å²) in [6.07, 6.45) is 1.53. The van der Waals surface area contributed by atoms with Crippen molar-refractivity contribution in [1.29, 1.82) is 0 Å². The Balaban J connectivity index is 1.73. The van der Waals surface area contributed by atoms with E-state index in [4.69, 9.17) is 21.1 Å². The zero-order valence-corrected chi connectivity index (χ0v) is 13.5. The van der Waals surface area contributed by atoms with E-state index in [2.05, 4.69) is 5.32 Å². The number of fused-ring (bicyclic) bond motifs is 2. The van der Waals surface area contributed by atoms with Crippen molar-refractivity contribution in [3.05, 3.63) is 51.5 Å². The average Bonchev–Trinajstić information content (AvgIpc) is 3.16. The van der Waals surface area contributed by atoms with Gasteiger partial charge in [0.05, 0.1) is 18.8 Å². The van der Waals surface area contributed by atoms with E-state index in [0.29, 0.717) is 35.2 Å². The number of rotatable bonds is 2. The summed E-state index contributed by atoms with van der Waals surface area (Å²) < 4.78 is 11.4. The fourth-order valence-electron chi connectivity index (χ4n) is 3.09. The van der Waals surface area contributed by atoms with Gasteiger partial charge in [-0.1, -0.05) is 17.7 Å². The van der Waals surface area contributed by atoms with E-state index in [1.165, 1.54) is 0 Å². The topological polar surface area (TPSA) is 47.6 Å². The molecular weight excluding hydrogens is 314 g/mol. The minimum absolute atomic E-state index is 0.176. The van der Waals surface area contributed by atoms with Crippen LogP contribution in [0.15, 0.2) is 24.3 Å². The average molecular weight is 330 g/mol. The molecule has 2 aliphatic rings. The highest BCUT2D eigenvalue weighted by atomic mass is 35.5. The van der Waals surface area contributed by atoms with Crippen LogP contribution in [0, 0.1) is 6.92 Å². The first-order valence-electron chi connectivity index (χ1n) is 7.65. The van der Waals surface area contributed by atoms with Gasteiger partial charge in [-0.2, -0.15) is 0 Å². The SMILES string of the molecule is Cc1ccc(NC(=O)c2c3c(cc4c2OCC4)OCC3)cc1Cl. The maximum absolute atomic E-state index is 12.8. The number of anilines is 1. The molecule has 0 spiro atoms. The maximum atomic E-state index is 12.8. The molecule has 4 rings (SSSR count). The second-order valence-corrected chi connectivity index (χ2v) is 6.24. The Morgan fingerprint density at radius 2 is 2.00 bits per heavy atom. The third-order valence-electron chi connectivity index (χ3n) is 4.31. The maximum Gasteiger partial charge on any atom is 0.259 e. The Labute approximate surface area is 139 Å².